The van der Waals surface area contributed by atoms with Crippen molar-refractivity contribution in [3.63, 3.8) is 0 Å². The minimum absolute atomic E-state index is 0.109. The number of carboxylic acid groups (broad SMARTS) is 1. The summed E-state index contributed by atoms with van der Waals surface area (Å²) in [6, 6.07) is 9.15. The molecule has 4 heterocycles. The van der Waals surface area contributed by atoms with E-state index in [4.69, 9.17) is 4.98 Å². The van der Waals surface area contributed by atoms with Crippen molar-refractivity contribution in [2.24, 2.45) is 17.8 Å². The fraction of sp³-hybridized carbons (Fsp3) is 0.710. The van der Waals surface area contributed by atoms with Gasteiger partial charge in [-0.15, -0.1) is 0 Å². The van der Waals surface area contributed by atoms with Crippen LogP contribution in [0.3, 0.4) is 0 Å². The van der Waals surface area contributed by atoms with Crippen LogP contribution in [0, 0.1) is 17.8 Å². The minimum atomic E-state index is -0.873. The van der Waals surface area contributed by atoms with Gasteiger partial charge >= 0.3 is 5.97 Å². The SMILES string of the molecule is CC1CCC2CC(n3c(=O)c(N4CCC4C(=O)O)nc4ccccc43)CC1N2C1CC2CCCCC(C2)C1. The van der Waals surface area contributed by atoms with Gasteiger partial charge in [0.2, 0.25) is 0 Å². The van der Waals surface area contributed by atoms with Crippen LogP contribution in [0.15, 0.2) is 29.1 Å². The average Bonchev–Trinajstić information content (AvgIpc) is 3.04. The monoisotopic (exact) mass is 518 g/mol. The lowest BCUT2D eigenvalue weighted by Gasteiger charge is -2.56. The van der Waals surface area contributed by atoms with Crippen LogP contribution < -0.4 is 10.5 Å². The summed E-state index contributed by atoms with van der Waals surface area (Å²) in [6.07, 6.45) is 14.9. The van der Waals surface area contributed by atoms with E-state index in [1.807, 2.05) is 28.8 Å². The van der Waals surface area contributed by atoms with E-state index in [1.54, 1.807) is 4.90 Å². The number of aromatic nitrogens is 2. The first-order chi connectivity index (χ1) is 18.5. The van der Waals surface area contributed by atoms with Crippen LogP contribution in [0.5, 0.6) is 0 Å². The fourth-order valence-electron chi connectivity index (χ4n) is 9.12. The van der Waals surface area contributed by atoms with Crippen molar-refractivity contribution in [1.82, 2.24) is 14.5 Å². The van der Waals surface area contributed by atoms with Crippen molar-refractivity contribution in [2.45, 2.75) is 114 Å². The highest BCUT2D eigenvalue weighted by atomic mass is 16.4. The first kappa shape index (κ1) is 24.6. The third kappa shape index (κ3) is 4.07. The largest absolute Gasteiger partial charge is 0.480 e. The summed E-state index contributed by atoms with van der Waals surface area (Å²) in [4.78, 5) is 35.3. The summed E-state index contributed by atoms with van der Waals surface area (Å²) in [5, 5.41) is 9.67. The predicted octanol–water partition coefficient (Wildman–Crippen LogP) is 5.22. The number of hydrogen-bond donors (Lipinski definition) is 1. The quantitative estimate of drug-likeness (QED) is 0.598. The maximum atomic E-state index is 14.1. The van der Waals surface area contributed by atoms with Gasteiger partial charge < -0.3 is 14.6 Å². The molecule has 7 atom stereocenters. The number of piperidine rings is 2. The Hall–Kier alpha value is -2.41. The number of aliphatic carboxylic acids is 1. The summed E-state index contributed by atoms with van der Waals surface area (Å²) >= 11 is 0. The number of carbonyl (C=O) groups is 1. The molecule has 7 nitrogen and oxygen atoms in total. The molecule has 3 saturated heterocycles. The number of carboxylic acids is 1. The molecule has 0 spiro atoms. The first-order valence-corrected chi connectivity index (χ1v) is 15.3. The van der Waals surface area contributed by atoms with E-state index < -0.39 is 12.0 Å². The fourth-order valence-corrected chi connectivity index (χ4v) is 9.12. The summed E-state index contributed by atoms with van der Waals surface area (Å²) in [5.41, 5.74) is 1.57. The molecule has 2 aliphatic carbocycles. The third-order valence-corrected chi connectivity index (χ3v) is 11.0. The van der Waals surface area contributed by atoms with Crippen molar-refractivity contribution < 1.29 is 9.90 Å². The van der Waals surface area contributed by atoms with Crippen molar-refractivity contribution in [3.8, 4) is 0 Å². The van der Waals surface area contributed by atoms with Gasteiger partial charge in [0.1, 0.15) is 6.04 Å². The Balaban J connectivity index is 1.24. The maximum Gasteiger partial charge on any atom is 0.326 e. The minimum Gasteiger partial charge on any atom is -0.480 e. The molecule has 5 aliphatic rings. The number of fused-ring (bicyclic) bond motifs is 5. The Bertz CT molecular complexity index is 1260. The van der Waals surface area contributed by atoms with Gasteiger partial charge in [-0.2, -0.15) is 0 Å². The molecule has 0 radical (unpaired) electrons. The smallest absolute Gasteiger partial charge is 0.326 e. The van der Waals surface area contributed by atoms with Crippen LogP contribution in [0.4, 0.5) is 5.82 Å². The molecule has 0 amide bonds. The molecule has 1 aromatic carbocycles. The topological polar surface area (TPSA) is 78.7 Å². The van der Waals surface area contributed by atoms with E-state index in [-0.39, 0.29) is 11.6 Å². The lowest BCUT2D eigenvalue weighted by atomic mass is 9.71. The number of para-hydroxylation sites is 2. The Morgan fingerprint density at radius 3 is 2.37 bits per heavy atom. The van der Waals surface area contributed by atoms with Gasteiger partial charge in [0.05, 0.1) is 11.0 Å². The van der Waals surface area contributed by atoms with Crippen LogP contribution in [0.1, 0.15) is 90.0 Å². The molecular weight excluding hydrogens is 476 g/mol. The number of hydrogen-bond acceptors (Lipinski definition) is 5. The van der Waals surface area contributed by atoms with E-state index in [0.717, 1.165) is 35.7 Å². The van der Waals surface area contributed by atoms with Crippen molar-refractivity contribution in [2.75, 3.05) is 11.4 Å². The Morgan fingerprint density at radius 2 is 1.66 bits per heavy atom. The predicted molar refractivity (Wildman–Crippen MR) is 149 cm³/mol. The average molecular weight is 519 g/mol. The highest BCUT2D eigenvalue weighted by Crippen LogP contribution is 2.48. The highest BCUT2D eigenvalue weighted by Gasteiger charge is 2.47. The molecule has 204 valence electrons. The van der Waals surface area contributed by atoms with Crippen molar-refractivity contribution in [3.05, 3.63) is 34.6 Å². The van der Waals surface area contributed by atoms with Crippen LogP contribution in [0.25, 0.3) is 11.0 Å². The Labute approximate surface area is 225 Å². The Kier molecular flexibility index (Phi) is 6.25. The van der Waals surface area contributed by atoms with Gasteiger partial charge in [0, 0.05) is 30.7 Å². The van der Waals surface area contributed by atoms with Crippen molar-refractivity contribution in [1.29, 1.82) is 0 Å². The first-order valence-electron chi connectivity index (χ1n) is 15.3. The zero-order valence-electron chi connectivity index (χ0n) is 22.7. The van der Waals surface area contributed by atoms with E-state index in [0.29, 0.717) is 42.8 Å². The normalized spacial score (nSPS) is 37.4. The summed E-state index contributed by atoms with van der Waals surface area (Å²) < 4.78 is 2.02. The van der Waals surface area contributed by atoms with Gasteiger partial charge in [0.15, 0.2) is 5.82 Å². The number of rotatable bonds is 4. The Morgan fingerprint density at radius 1 is 0.895 bits per heavy atom. The summed E-state index contributed by atoms with van der Waals surface area (Å²) in [7, 11) is 0. The summed E-state index contributed by atoms with van der Waals surface area (Å²) in [6.45, 7) is 3.00. The lowest BCUT2D eigenvalue weighted by Crippen LogP contribution is -2.61. The van der Waals surface area contributed by atoms with E-state index in [9.17, 15) is 14.7 Å². The molecule has 7 rings (SSSR count). The molecule has 7 unspecified atom stereocenters. The van der Waals surface area contributed by atoms with Crippen LogP contribution in [0.2, 0.25) is 0 Å². The molecule has 3 aliphatic heterocycles. The van der Waals surface area contributed by atoms with Gasteiger partial charge in [-0.25, -0.2) is 9.78 Å². The standard InChI is InChI=1S/C31H42N4O3/c1-19-10-11-22-17-24(18-28(19)34(22)23-15-20-6-2-3-7-21(14-20)16-23)35-26-9-5-4-8-25(26)32-29(30(35)36)33-13-12-27(33)31(37)38/h4-5,8-9,19-24,27-28H,2-3,6-7,10-18H2,1H3,(H,37,38). The molecular formula is C31H42N4O3. The second-order valence-electron chi connectivity index (χ2n) is 13.2. The molecule has 1 aromatic heterocycles. The van der Waals surface area contributed by atoms with Gasteiger partial charge in [-0.1, -0.05) is 44.7 Å². The number of anilines is 1. The second-order valence-corrected chi connectivity index (χ2v) is 13.2. The van der Waals surface area contributed by atoms with Gasteiger partial charge in [-0.3, -0.25) is 9.69 Å². The molecule has 1 N–H and O–H groups in total. The van der Waals surface area contributed by atoms with Crippen LogP contribution in [-0.4, -0.2) is 56.2 Å². The van der Waals surface area contributed by atoms with E-state index in [2.05, 4.69) is 11.8 Å². The molecule has 5 fully saturated rings. The molecule has 38 heavy (non-hydrogen) atoms. The maximum absolute atomic E-state index is 14.1. The zero-order chi connectivity index (χ0) is 26.0. The summed E-state index contributed by atoms with van der Waals surface area (Å²) in [5.74, 6) is 1.89. The molecule has 2 saturated carbocycles. The van der Waals surface area contributed by atoms with Crippen LogP contribution >= 0.6 is 0 Å². The molecule has 2 aromatic rings. The van der Waals surface area contributed by atoms with Gasteiger partial charge in [-0.05, 0) is 81.3 Å². The molecule has 7 heteroatoms. The van der Waals surface area contributed by atoms with E-state index >= 15 is 0 Å². The lowest BCUT2D eigenvalue weighted by molar-refractivity contribution is -0.140. The van der Waals surface area contributed by atoms with Crippen LogP contribution in [-0.2, 0) is 4.79 Å². The molecule has 4 bridgehead atoms. The zero-order valence-corrected chi connectivity index (χ0v) is 22.7. The second kappa shape index (κ2) is 9.65. The number of benzene rings is 1. The number of nitrogens with zero attached hydrogens (tertiary/aromatic N) is 4. The van der Waals surface area contributed by atoms with Gasteiger partial charge in [0.25, 0.3) is 5.56 Å². The third-order valence-electron chi connectivity index (χ3n) is 11.0. The van der Waals surface area contributed by atoms with Crippen molar-refractivity contribution >= 4 is 22.8 Å². The van der Waals surface area contributed by atoms with E-state index in [1.165, 1.54) is 57.8 Å². The highest BCUT2D eigenvalue weighted by molar-refractivity contribution is 5.81.